The summed E-state index contributed by atoms with van der Waals surface area (Å²) in [5.74, 6) is -0.348. The summed E-state index contributed by atoms with van der Waals surface area (Å²) in [6.45, 7) is 0.209. The maximum atomic E-state index is 13.2. The molecule has 2 aromatic carbocycles. The zero-order valence-electron chi connectivity index (χ0n) is 15.5. The van der Waals surface area contributed by atoms with Gasteiger partial charge in [-0.25, -0.2) is 8.78 Å². The molecule has 1 aromatic heterocycles. The molecular formula is C20H17F2N5OS. The van der Waals surface area contributed by atoms with Gasteiger partial charge in [-0.05, 0) is 48.5 Å². The van der Waals surface area contributed by atoms with Gasteiger partial charge in [-0.1, -0.05) is 11.8 Å². The zero-order valence-corrected chi connectivity index (χ0v) is 16.4. The van der Waals surface area contributed by atoms with Gasteiger partial charge in [-0.15, -0.1) is 10.2 Å². The number of nitriles is 1. The second kappa shape index (κ2) is 9.30. The summed E-state index contributed by atoms with van der Waals surface area (Å²) in [6.07, 6.45) is 0.159. The van der Waals surface area contributed by atoms with E-state index in [0.717, 1.165) is 0 Å². The quantitative estimate of drug-likeness (QED) is 0.551. The first kappa shape index (κ1) is 20.5. The lowest BCUT2D eigenvalue weighted by atomic mass is 10.2. The maximum Gasteiger partial charge on any atom is 0.237 e. The van der Waals surface area contributed by atoms with Crippen LogP contribution >= 0.6 is 11.8 Å². The van der Waals surface area contributed by atoms with Crippen LogP contribution in [0.5, 0.6) is 0 Å². The minimum absolute atomic E-state index is 0.0677. The van der Waals surface area contributed by atoms with Gasteiger partial charge < -0.3 is 9.47 Å². The average molecular weight is 413 g/mol. The Bertz CT molecular complexity index is 1030. The Kier molecular flexibility index (Phi) is 6.57. The van der Waals surface area contributed by atoms with E-state index >= 15 is 0 Å². The molecule has 3 rings (SSSR count). The first-order valence-corrected chi connectivity index (χ1v) is 9.69. The number of benzene rings is 2. The molecule has 6 nitrogen and oxygen atoms in total. The van der Waals surface area contributed by atoms with E-state index in [1.54, 1.807) is 23.7 Å². The number of carbonyl (C=O) groups excluding carboxylic acids is 1. The Morgan fingerprint density at radius 3 is 2.34 bits per heavy atom. The highest BCUT2D eigenvalue weighted by Gasteiger charge is 2.18. The van der Waals surface area contributed by atoms with Crippen LogP contribution in [0.25, 0.3) is 11.4 Å². The Balaban J connectivity index is 1.72. The van der Waals surface area contributed by atoms with Crippen molar-refractivity contribution in [3.8, 4) is 17.5 Å². The van der Waals surface area contributed by atoms with Gasteiger partial charge in [0.25, 0.3) is 0 Å². The van der Waals surface area contributed by atoms with Gasteiger partial charge in [-0.3, -0.25) is 4.79 Å². The first-order valence-electron chi connectivity index (χ1n) is 8.70. The number of halogens is 2. The van der Waals surface area contributed by atoms with Crippen molar-refractivity contribution in [1.29, 1.82) is 5.26 Å². The third kappa shape index (κ3) is 4.97. The molecule has 9 heteroatoms. The molecule has 0 bridgehead atoms. The third-order valence-electron chi connectivity index (χ3n) is 4.15. The molecule has 0 aliphatic rings. The molecule has 0 saturated heterocycles. The number of anilines is 1. The summed E-state index contributed by atoms with van der Waals surface area (Å²) in [6, 6.07) is 13.5. The molecule has 0 radical (unpaired) electrons. The average Bonchev–Trinajstić information content (AvgIpc) is 3.09. The van der Waals surface area contributed by atoms with Gasteiger partial charge in [0, 0.05) is 24.8 Å². The number of hydrogen-bond donors (Lipinski definition) is 0. The van der Waals surface area contributed by atoms with Crippen molar-refractivity contribution < 1.29 is 13.6 Å². The van der Waals surface area contributed by atoms with Crippen LogP contribution in [0, 0.1) is 23.0 Å². The van der Waals surface area contributed by atoms with Gasteiger partial charge in [0.1, 0.15) is 11.6 Å². The summed E-state index contributed by atoms with van der Waals surface area (Å²) in [7, 11) is 1.76. The highest BCUT2D eigenvalue weighted by Crippen LogP contribution is 2.24. The number of aromatic nitrogens is 3. The molecule has 0 aliphatic carbocycles. The van der Waals surface area contributed by atoms with Crippen molar-refractivity contribution in [1.82, 2.24) is 14.8 Å². The predicted molar refractivity (Wildman–Crippen MR) is 106 cm³/mol. The molecule has 29 heavy (non-hydrogen) atoms. The normalized spacial score (nSPS) is 10.6. The van der Waals surface area contributed by atoms with Gasteiger partial charge in [0.2, 0.25) is 5.91 Å². The molecule has 1 heterocycles. The van der Waals surface area contributed by atoms with Crippen LogP contribution < -0.4 is 4.90 Å². The number of carbonyl (C=O) groups is 1. The molecule has 3 aromatic rings. The van der Waals surface area contributed by atoms with Crippen molar-refractivity contribution in [3.63, 3.8) is 0 Å². The van der Waals surface area contributed by atoms with E-state index in [-0.39, 0.29) is 30.4 Å². The lowest BCUT2D eigenvalue weighted by Crippen LogP contribution is -2.33. The van der Waals surface area contributed by atoms with E-state index < -0.39 is 5.82 Å². The second-order valence-corrected chi connectivity index (χ2v) is 7.03. The second-order valence-electron chi connectivity index (χ2n) is 6.09. The van der Waals surface area contributed by atoms with Crippen molar-refractivity contribution in [2.75, 3.05) is 17.2 Å². The number of thioether (sulfide) groups is 1. The number of hydrogen-bond acceptors (Lipinski definition) is 5. The van der Waals surface area contributed by atoms with Crippen LogP contribution in [-0.4, -0.2) is 33.0 Å². The van der Waals surface area contributed by atoms with E-state index in [4.69, 9.17) is 5.26 Å². The molecule has 148 valence electrons. The molecule has 0 spiro atoms. The number of nitrogens with zero attached hydrogens (tertiary/aromatic N) is 5. The van der Waals surface area contributed by atoms with Crippen LogP contribution in [0.3, 0.4) is 0 Å². The summed E-state index contributed by atoms with van der Waals surface area (Å²) in [4.78, 5) is 14.2. The third-order valence-corrected chi connectivity index (χ3v) is 5.15. The summed E-state index contributed by atoms with van der Waals surface area (Å²) in [5, 5.41) is 17.6. The van der Waals surface area contributed by atoms with Gasteiger partial charge in [0.15, 0.2) is 11.0 Å². The van der Waals surface area contributed by atoms with Crippen molar-refractivity contribution in [2.24, 2.45) is 7.05 Å². The maximum absolute atomic E-state index is 13.2. The van der Waals surface area contributed by atoms with Crippen molar-refractivity contribution >= 4 is 23.4 Å². The lowest BCUT2D eigenvalue weighted by molar-refractivity contribution is -0.116. The molecule has 1 amide bonds. The minimum atomic E-state index is -0.400. The van der Waals surface area contributed by atoms with Gasteiger partial charge >= 0.3 is 0 Å². The topological polar surface area (TPSA) is 74.8 Å². The van der Waals surface area contributed by atoms with Crippen LogP contribution in [0.1, 0.15) is 6.42 Å². The summed E-state index contributed by atoms with van der Waals surface area (Å²) in [5.41, 5.74) is 1.23. The smallest absolute Gasteiger partial charge is 0.237 e. The fraction of sp³-hybridized carbons (Fsp3) is 0.200. The van der Waals surface area contributed by atoms with E-state index in [0.29, 0.717) is 22.2 Å². The first-order chi connectivity index (χ1) is 14.0. The Labute approximate surface area is 170 Å². The van der Waals surface area contributed by atoms with E-state index in [1.807, 2.05) is 6.07 Å². The van der Waals surface area contributed by atoms with Crippen LogP contribution in [0.15, 0.2) is 53.7 Å². The highest BCUT2D eigenvalue weighted by molar-refractivity contribution is 7.99. The van der Waals surface area contributed by atoms with Crippen LogP contribution in [0.2, 0.25) is 0 Å². The predicted octanol–water partition coefficient (Wildman–Crippen LogP) is 3.80. The molecule has 0 atom stereocenters. The standard InChI is InChI=1S/C20H17F2N5OS/c1-26-19(14-3-5-15(21)6-4-14)24-25-20(26)29-13-18(28)27(12-2-11-23)17-9-7-16(22)8-10-17/h3-10H,2,12-13H2,1H3. The molecule has 0 saturated carbocycles. The Hall–Kier alpha value is -3.25. The SMILES string of the molecule is Cn1c(SCC(=O)N(CCC#N)c2ccc(F)cc2)nnc1-c1ccc(F)cc1. The fourth-order valence-corrected chi connectivity index (χ4v) is 3.46. The summed E-state index contributed by atoms with van der Waals surface area (Å²) >= 11 is 1.20. The Morgan fingerprint density at radius 1 is 1.10 bits per heavy atom. The molecule has 0 unspecified atom stereocenters. The fourth-order valence-electron chi connectivity index (χ4n) is 2.68. The molecule has 0 N–H and O–H groups in total. The van der Waals surface area contributed by atoms with Crippen molar-refractivity contribution in [2.45, 2.75) is 11.6 Å². The monoisotopic (exact) mass is 413 g/mol. The molecular weight excluding hydrogens is 396 g/mol. The number of rotatable bonds is 7. The molecule has 0 fully saturated rings. The number of amides is 1. The van der Waals surface area contributed by atoms with Crippen LogP contribution in [0.4, 0.5) is 14.5 Å². The van der Waals surface area contributed by atoms with E-state index in [9.17, 15) is 13.6 Å². The summed E-state index contributed by atoms with van der Waals surface area (Å²) < 4.78 is 28.0. The zero-order chi connectivity index (χ0) is 20.8. The molecule has 0 aliphatic heterocycles. The lowest BCUT2D eigenvalue weighted by Gasteiger charge is -2.21. The van der Waals surface area contributed by atoms with Crippen molar-refractivity contribution in [3.05, 3.63) is 60.2 Å². The van der Waals surface area contributed by atoms with Crippen LogP contribution in [-0.2, 0) is 11.8 Å². The Morgan fingerprint density at radius 2 is 1.72 bits per heavy atom. The minimum Gasteiger partial charge on any atom is -0.311 e. The van der Waals surface area contributed by atoms with E-state index in [2.05, 4.69) is 10.2 Å². The largest absolute Gasteiger partial charge is 0.311 e. The highest BCUT2D eigenvalue weighted by atomic mass is 32.2. The van der Waals surface area contributed by atoms with Gasteiger partial charge in [-0.2, -0.15) is 5.26 Å². The van der Waals surface area contributed by atoms with Gasteiger partial charge in [0.05, 0.1) is 18.2 Å². The van der Waals surface area contributed by atoms with E-state index in [1.165, 1.54) is 53.1 Å².